The summed E-state index contributed by atoms with van der Waals surface area (Å²) in [5.74, 6) is -6.09. The van der Waals surface area contributed by atoms with E-state index < -0.39 is 161 Å². The monoisotopic (exact) mass is 1550 g/mol. The Morgan fingerprint density at radius 1 is 0.383 bits per heavy atom. The Kier molecular flexibility index (Phi) is 33.9. The zero-order valence-electron chi connectivity index (χ0n) is 49.4. The van der Waals surface area contributed by atoms with E-state index in [1.165, 1.54) is 76.2 Å². The number of alkyl halides is 6. The molecule has 0 aromatic rings. The molecule has 0 heterocycles. The van der Waals surface area contributed by atoms with Gasteiger partial charge in [0.15, 0.2) is 6.29 Å². The Bertz CT molecular complexity index is 1900. The van der Waals surface area contributed by atoms with Gasteiger partial charge in [0, 0.05) is 31.6 Å². The first kappa shape index (κ1) is 79.4. The van der Waals surface area contributed by atoms with Gasteiger partial charge in [-0.05, 0) is 104 Å². The van der Waals surface area contributed by atoms with Crippen LogP contribution in [0.4, 0.5) is 0 Å². The van der Waals surface area contributed by atoms with E-state index in [-0.39, 0.29) is 33.0 Å². The second kappa shape index (κ2) is 34.6. The molecule has 0 bridgehead atoms. The van der Waals surface area contributed by atoms with Gasteiger partial charge in [0.25, 0.3) is 0 Å². The van der Waals surface area contributed by atoms with Crippen molar-refractivity contribution in [3.8, 4) is 0 Å². The highest BCUT2D eigenvalue weighted by Gasteiger charge is 2.46. The summed E-state index contributed by atoms with van der Waals surface area (Å²) in [4.78, 5) is 110. The zero-order chi connectivity index (χ0) is 63.1. The molecule has 2 atom stereocenters. The number of carbonyl (C=O) groups is 8. The van der Waals surface area contributed by atoms with E-state index in [0.717, 1.165) is 0 Å². The van der Waals surface area contributed by atoms with E-state index in [9.17, 15) is 43.5 Å². The molecule has 0 aromatic carbocycles. The maximum absolute atomic E-state index is 14.8. The Balaban J connectivity index is 7.91. The number of amides is 3. The summed E-state index contributed by atoms with van der Waals surface area (Å²) < 4.78 is 49.8. The second-order valence-electron chi connectivity index (χ2n) is 23.4. The van der Waals surface area contributed by atoms with E-state index >= 15 is 0 Å². The fraction of sp³-hybridized carbons (Fsp3) is 0.846. The third-order valence-corrected chi connectivity index (χ3v) is 13.5. The molecule has 0 rings (SSSR count). The topological polar surface area (TPSA) is 311 Å². The van der Waals surface area contributed by atoms with Gasteiger partial charge in [-0.15, -0.1) is 0 Å². The van der Waals surface area contributed by atoms with Crippen LogP contribution in [0.5, 0.6) is 0 Å². The summed E-state index contributed by atoms with van der Waals surface area (Å²) in [5, 5.41) is 19.5. The number of halogens is 6. The number of carbonyl (C=O) groups excluding carboxylic acids is 8. The summed E-state index contributed by atoms with van der Waals surface area (Å²) in [6, 6.07) is 0. The van der Waals surface area contributed by atoms with Crippen molar-refractivity contribution in [3.63, 3.8) is 0 Å². The van der Waals surface area contributed by atoms with Crippen LogP contribution in [0, 0.1) is 21.7 Å². The molecule has 472 valence electrons. The molecule has 2 unspecified atom stereocenters. The molecule has 0 spiro atoms. The van der Waals surface area contributed by atoms with Gasteiger partial charge in [0.05, 0.1) is 63.8 Å². The number of esters is 5. The normalized spacial score (nSPS) is 14.2. The molecule has 3 amide bonds. The first-order valence-corrected chi connectivity index (χ1v) is 30.6. The van der Waals surface area contributed by atoms with Gasteiger partial charge in [0.2, 0.25) is 17.7 Å². The minimum Gasteiger partial charge on any atom is -0.463 e. The lowest BCUT2D eigenvalue weighted by Gasteiger charge is -2.38. The Hall–Kier alpha value is -1.64. The number of aliphatic hydroxyl groups is 1. The van der Waals surface area contributed by atoms with Crippen molar-refractivity contribution in [2.24, 2.45) is 27.4 Å². The number of hydrogen-bond donors (Lipinski definition) is 5. The van der Waals surface area contributed by atoms with Crippen LogP contribution in [-0.2, 0) is 85.7 Å². The average Bonchev–Trinajstić information content (AvgIpc) is 3.34. The second-order valence-corrected chi connectivity index (χ2v) is 35.3. The minimum absolute atomic E-state index is 0.0242. The zero-order valence-corrected chi connectivity index (χ0v) is 59.0. The fourth-order valence-electron chi connectivity index (χ4n) is 5.78. The quantitative estimate of drug-likeness (QED) is 0.0167. The molecule has 0 fully saturated rings. The van der Waals surface area contributed by atoms with Gasteiger partial charge in [-0.1, -0.05) is 95.6 Å². The van der Waals surface area contributed by atoms with Crippen LogP contribution < -0.4 is 21.7 Å². The van der Waals surface area contributed by atoms with Crippen LogP contribution in [0.15, 0.2) is 0 Å². The van der Waals surface area contributed by atoms with Crippen LogP contribution in [0.2, 0.25) is 0 Å². The largest absolute Gasteiger partial charge is 0.463 e. The van der Waals surface area contributed by atoms with Crippen molar-refractivity contribution in [2.45, 2.75) is 136 Å². The molecule has 23 nitrogen and oxygen atoms in total. The van der Waals surface area contributed by atoms with Crippen LogP contribution in [0.25, 0.3) is 0 Å². The Morgan fingerprint density at radius 3 is 0.852 bits per heavy atom. The number of hydrogen-bond acceptors (Lipinski definition) is 20. The number of rotatable bonds is 41. The molecule has 0 aliphatic carbocycles. The third kappa shape index (κ3) is 31.0. The van der Waals surface area contributed by atoms with Crippen LogP contribution in [0.3, 0.4) is 0 Å². The molecule has 6 N–H and O–H groups in total. The molecule has 0 saturated carbocycles. The standard InChI is InChI=1S/C52H88Br6N4O19/c1-43(2,53)37(66)76-27-49(13,28-77-38(67)44(3,4)54)34(63)60-24-52(33-75-23-22-74-21-20-73-19-18-72-17-16-59,25-61-35(64)50(14,29-78-39(68)45(5,6)55)30-79-40(69)46(7,8)56)26-62-36(65)51(15,31-80-41(70)47(9,10)57)32-81-42(71)48(11,12)58/h37,66H,16-33,59H2,1-15H3,(H,60,63)(H,61,64)(H,62,65). The van der Waals surface area contributed by atoms with Gasteiger partial charge >= 0.3 is 29.8 Å². The first-order chi connectivity index (χ1) is 36.7. The van der Waals surface area contributed by atoms with E-state index in [1.54, 1.807) is 27.7 Å². The average molecular weight is 1550 g/mol. The third-order valence-electron chi connectivity index (χ3n) is 11.5. The SMILES string of the molecule is CC(C)(Br)C(=O)OCC(C)(COC(=O)C(C)(C)Br)C(=O)NCC(CNC(=O)C(C)(COC(=O)C(C)(C)Br)COC(=O)C(C)(C)Br)(CNC(=O)C(C)(COC(=O)C(C)(C)Br)COC(O)C(C)(C)Br)COCCOCCOCCOCCN. The highest BCUT2D eigenvalue weighted by Crippen LogP contribution is 2.31. The predicted octanol–water partition coefficient (Wildman–Crippen LogP) is 5.46. The molecule has 29 heteroatoms. The highest BCUT2D eigenvalue weighted by molar-refractivity contribution is 9.11. The van der Waals surface area contributed by atoms with Gasteiger partial charge in [-0.25, -0.2) is 0 Å². The summed E-state index contributed by atoms with van der Waals surface area (Å²) in [7, 11) is 0. The van der Waals surface area contributed by atoms with Gasteiger partial charge in [-0.3, -0.25) is 38.4 Å². The van der Waals surface area contributed by atoms with Crippen molar-refractivity contribution in [2.75, 3.05) is 119 Å². The van der Waals surface area contributed by atoms with E-state index in [4.69, 9.17) is 53.1 Å². The number of nitrogens with two attached hydrogens (primary N) is 1. The molecular formula is C52H88Br6N4O19. The lowest BCUT2D eigenvalue weighted by Crippen LogP contribution is -2.59. The first-order valence-electron chi connectivity index (χ1n) is 25.9. The van der Waals surface area contributed by atoms with E-state index in [0.29, 0.717) is 26.4 Å². The fourth-order valence-corrected chi connectivity index (χ4v) is 6.48. The molecular weight excluding hydrogens is 1460 g/mol. The lowest BCUT2D eigenvalue weighted by molar-refractivity contribution is -0.167. The minimum atomic E-state index is -1.78. The summed E-state index contributed by atoms with van der Waals surface area (Å²) in [6.07, 6.45) is -1.46. The van der Waals surface area contributed by atoms with Crippen molar-refractivity contribution in [3.05, 3.63) is 0 Å². The molecule has 0 aliphatic heterocycles. The van der Waals surface area contributed by atoms with Gasteiger partial charge < -0.3 is 74.2 Å². The maximum atomic E-state index is 14.8. The van der Waals surface area contributed by atoms with E-state index in [2.05, 4.69) is 112 Å². The molecule has 0 aromatic heterocycles. The molecule has 0 radical (unpaired) electrons. The summed E-state index contributed by atoms with van der Waals surface area (Å²) >= 11 is 19.7. The van der Waals surface area contributed by atoms with Crippen LogP contribution in [-0.4, -0.2) is 204 Å². The maximum Gasteiger partial charge on any atom is 0.322 e. The van der Waals surface area contributed by atoms with Gasteiger partial charge in [-0.2, -0.15) is 0 Å². The molecule has 0 aliphatic rings. The van der Waals surface area contributed by atoms with Gasteiger partial charge in [0.1, 0.15) is 70.9 Å². The Morgan fingerprint density at radius 2 is 0.617 bits per heavy atom. The van der Waals surface area contributed by atoms with Crippen molar-refractivity contribution in [1.82, 2.24) is 16.0 Å². The highest BCUT2D eigenvalue weighted by atomic mass is 79.9. The Labute approximate surface area is 528 Å². The predicted molar refractivity (Wildman–Crippen MR) is 323 cm³/mol. The summed E-state index contributed by atoms with van der Waals surface area (Å²) in [5.41, 5.74) is -1.42. The van der Waals surface area contributed by atoms with Crippen molar-refractivity contribution >= 4 is 143 Å². The molecule has 81 heavy (non-hydrogen) atoms. The number of ether oxygens (including phenoxy) is 10. The van der Waals surface area contributed by atoms with Crippen molar-refractivity contribution < 1.29 is 90.8 Å². The molecule has 0 saturated heterocycles. The van der Waals surface area contributed by atoms with Crippen molar-refractivity contribution in [1.29, 1.82) is 0 Å². The van der Waals surface area contributed by atoms with E-state index in [1.807, 2.05) is 0 Å². The summed E-state index contributed by atoms with van der Waals surface area (Å²) in [6.45, 7) is 19.5. The number of nitrogens with one attached hydrogen (secondary N) is 3. The lowest BCUT2D eigenvalue weighted by atomic mass is 9.84. The van der Waals surface area contributed by atoms with Crippen LogP contribution in [0.1, 0.15) is 104 Å². The smallest absolute Gasteiger partial charge is 0.322 e. The number of aliphatic hydroxyl groups excluding tert-OH is 1. The van der Waals surface area contributed by atoms with Crippen LogP contribution >= 0.6 is 95.6 Å².